The van der Waals surface area contributed by atoms with E-state index in [-0.39, 0.29) is 38.0 Å². The molecule has 4 rings (SSSR count). The van der Waals surface area contributed by atoms with E-state index in [1.54, 1.807) is 0 Å². The van der Waals surface area contributed by atoms with Gasteiger partial charge in [0, 0.05) is 38.0 Å². The second-order valence-corrected chi connectivity index (χ2v) is 5.95. The van der Waals surface area contributed by atoms with Crippen molar-refractivity contribution in [2.75, 3.05) is 0 Å². The number of aliphatic hydroxyl groups is 2. The first kappa shape index (κ1) is 16.6. The Morgan fingerprint density at radius 2 is 1.22 bits per heavy atom. The molecule has 2 aromatic carbocycles. The predicted molar refractivity (Wildman–Crippen MR) is 87.6 cm³/mol. The van der Waals surface area contributed by atoms with Crippen molar-refractivity contribution in [1.82, 2.24) is 0 Å². The van der Waals surface area contributed by atoms with E-state index in [0.29, 0.717) is 0 Å². The maximum absolute atomic E-state index is 11.3. The smallest absolute Gasteiger partial charge is 0.00628 e. The molecule has 2 unspecified atom stereocenters. The van der Waals surface area contributed by atoms with Crippen LogP contribution in [0.3, 0.4) is 0 Å². The van der Waals surface area contributed by atoms with Crippen LogP contribution in [0.1, 0.15) is 34.1 Å². The van der Waals surface area contributed by atoms with Crippen LogP contribution in [-0.2, 0) is 26.2 Å². The summed E-state index contributed by atoms with van der Waals surface area (Å²) < 4.78 is 0. The first-order valence-electron chi connectivity index (χ1n) is 7.49. The molecule has 0 fully saturated rings. The summed E-state index contributed by atoms with van der Waals surface area (Å²) in [6, 6.07) is 16.0. The van der Waals surface area contributed by atoms with Crippen LogP contribution in [0.25, 0.3) is 12.2 Å². The summed E-state index contributed by atoms with van der Waals surface area (Å²) in [4.78, 5) is 0. The third kappa shape index (κ3) is 2.52. The Morgan fingerprint density at radius 3 is 1.65 bits per heavy atom. The van der Waals surface area contributed by atoms with Crippen LogP contribution in [0.4, 0.5) is 0 Å². The van der Waals surface area contributed by atoms with Crippen molar-refractivity contribution < 1.29 is 36.4 Å². The fraction of sp³-hybridized carbons (Fsp3) is 0.150. The number of hydrogen-bond donors (Lipinski definition) is 2. The van der Waals surface area contributed by atoms with E-state index >= 15 is 0 Å². The van der Waals surface area contributed by atoms with E-state index in [1.165, 1.54) is 0 Å². The van der Waals surface area contributed by atoms with Crippen LogP contribution in [0.15, 0.2) is 60.7 Å². The van der Waals surface area contributed by atoms with Gasteiger partial charge in [0.15, 0.2) is 0 Å². The Hall–Kier alpha value is -1.28. The van der Waals surface area contributed by atoms with E-state index in [1.807, 2.05) is 72.8 Å². The third-order valence-electron chi connectivity index (χ3n) is 4.80. The number of aliphatic hydroxyl groups excluding tert-OH is 1. The summed E-state index contributed by atoms with van der Waals surface area (Å²) in [5.74, 6) is -0.510. The minimum atomic E-state index is -1.35. The molecule has 2 atom stereocenters. The zero-order valence-electron chi connectivity index (χ0n) is 12.6. The Kier molecular flexibility index (Phi) is 4.55. The Morgan fingerprint density at radius 1 is 0.783 bits per heavy atom. The fourth-order valence-electron chi connectivity index (χ4n) is 3.66. The van der Waals surface area contributed by atoms with E-state index < -0.39 is 5.60 Å². The van der Waals surface area contributed by atoms with Gasteiger partial charge in [0.1, 0.15) is 0 Å². The van der Waals surface area contributed by atoms with Gasteiger partial charge in [-0.1, -0.05) is 72.8 Å². The maximum atomic E-state index is 11.3. The molecule has 2 aromatic rings. The van der Waals surface area contributed by atoms with Crippen molar-refractivity contribution in [2.24, 2.45) is 0 Å². The average Bonchev–Trinajstić information content (AvgIpc) is 3.19. The van der Waals surface area contributed by atoms with Crippen LogP contribution in [-0.4, -0.2) is 15.8 Å². The molecule has 3 heteroatoms. The molecular formula is C20H17O2Zr-. The number of hydrogen-bond acceptors (Lipinski definition) is 2. The number of rotatable bonds is 3. The van der Waals surface area contributed by atoms with Crippen molar-refractivity contribution in [2.45, 2.75) is 17.4 Å². The number of benzene rings is 2. The SMILES string of the molecule is O[CH-]C(O)(C1C=Cc2ccccc21)C1C=Cc2ccccc21.[Zr]. The standard InChI is InChI=1S/C20H17O2.Zr/c21-13-20(22,18-11-9-14-5-1-3-7-16(14)18)19-12-10-15-6-2-4-8-17(15)19;/h1-13,18-19,21-22H;/q-1;. The average molecular weight is 381 g/mol. The van der Waals surface area contributed by atoms with Crippen LogP contribution in [0.5, 0.6) is 0 Å². The molecule has 0 amide bonds. The van der Waals surface area contributed by atoms with Crippen molar-refractivity contribution in [3.63, 3.8) is 0 Å². The Balaban J connectivity index is 0.00000156. The summed E-state index contributed by atoms with van der Waals surface area (Å²) in [6.07, 6.45) is 7.98. The van der Waals surface area contributed by atoms with Crippen molar-refractivity contribution in [3.05, 3.63) is 89.5 Å². The van der Waals surface area contributed by atoms with Gasteiger partial charge in [0.2, 0.25) is 0 Å². The first-order chi connectivity index (χ1) is 10.7. The Bertz CT molecular complexity index is 717. The van der Waals surface area contributed by atoms with Gasteiger partial charge in [0.05, 0.1) is 0 Å². The van der Waals surface area contributed by atoms with Gasteiger partial charge in [0.25, 0.3) is 0 Å². The normalized spacial score (nSPS) is 23.0. The topological polar surface area (TPSA) is 40.5 Å². The summed E-state index contributed by atoms with van der Waals surface area (Å²) >= 11 is 0. The minimum Gasteiger partial charge on any atom is -0.563 e. The molecule has 2 aliphatic rings. The molecule has 0 bridgehead atoms. The van der Waals surface area contributed by atoms with Crippen molar-refractivity contribution >= 4 is 12.2 Å². The molecule has 2 nitrogen and oxygen atoms in total. The summed E-state index contributed by atoms with van der Waals surface area (Å²) in [6.45, 7) is 0.960. The molecule has 0 spiro atoms. The zero-order chi connectivity index (χ0) is 15.2. The molecule has 0 aliphatic heterocycles. The molecule has 2 N–H and O–H groups in total. The summed E-state index contributed by atoms with van der Waals surface area (Å²) in [5, 5.41) is 21.2. The van der Waals surface area contributed by atoms with Crippen molar-refractivity contribution in [1.29, 1.82) is 0 Å². The van der Waals surface area contributed by atoms with Gasteiger partial charge >= 0.3 is 0 Å². The van der Waals surface area contributed by atoms with E-state index in [9.17, 15) is 10.2 Å². The van der Waals surface area contributed by atoms with E-state index in [4.69, 9.17) is 0 Å². The van der Waals surface area contributed by atoms with Gasteiger partial charge in [-0.15, -0.1) is 0 Å². The summed E-state index contributed by atoms with van der Waals surface area (Å²) in [5.41, 5.74) is 2.94. The molecule has 0 saturated heterocycles. The van der Waals surface area contributed by atoms with Crippen LogP contribution >= 0.6 is 0 Å². The fourth-order valence-corrected chi connectivity index (χ4v) is 3.66. The Labute approximate surface area is 155 Å². The van der Waals surface area contributed by atoms with Crippen LogP contribution in [0, 0.1) is 6.61 Å². The number of fused-ring (bicyclic) bond motifs is 2. The van der Waals surface area contributed by atoms with E-state index in [0.717, 1.165) is 28.9 Å². The van der Waals surface area contributed by atoms with E-state index in [2.05, 4.69) is 0 Å². The third-order valence-corrected chi connectivity index (χ3v) is 4.80. The second-order valence-electron chi connectivity index (χ2n) is 5.95. The first-order valence-corrected chi connectivity index (χ1v) is 7.49. The van der Waals surface area contributed by atoms with Crippen LogP contribution < -0.4 is 0 Å². The van der Waals surface area contributed by atoms with Gasteiger partial charge in [-0.2, -0.15) is 6.61 Å². The van der Waals surface area contributed by atoms with Gasteiger partial charge in [-0.05, 0) is 27.9 Å². The summed E-state index contributed by atoms with van der Waals surface area (Å²) in [7, 11) is 0. The monoisotopic (exact) mass is 379 g/mol. The van der Waals surface area contributed by atoms with Crippen LogP contribution in [0.2, 0.25) is 0 Å². The largest absolute Gasteiger partial charge is 0.563 e. The molecule has 0 radical (unpaired) electrons. The zero-order valence-corrected chi connectivity index (χ0v) is 15.0. The quantitative estimate of drug-likeness (QED) is 0.794. The van der Waals surface area contributed by atoms with Gasteiger partial charge < -0.3 is 10.2 Å². The molecule has 0 saturated carbocycles. The second kappa shape index (κ2) is 6.32. The minimum absolute atomic E-state index is 0. The molecule has 0 aromatic heterocycles. The van der Waals surface area contributed by atoms with Gasteiger partial charge in [-0.25, -0.2) is 0 Å². The molecule has 114 valence electrons. The molecule has 23 heavy (non-hydrogen) atoms. The molecule has 0 heterocycles. The van der Waals surface area contributed by atoms with Gasteiger partial charge in [-0.3, -0.25) is 0 Å². The molecule has 2 aliphatic carbocycles. The predicted octanol–water partition coefficient (Wildman–Crippen LogP) is 3.87. The molecular weight excluding hydrogens is 363 g/mol. The maximum Gasteiger partial charge on any atom is 0.00628 e. The van der Waals surface area contributed by atoms with Crippen molar-refractivity contribution in [3.8, 4) is 0 Å².